The number of nitrogens with one attached hydrogen (secondary N) is 1. The predicted octanol–water partition coefficient (Wildman–Crippen LogP) is 1.03. The Balaban J connectivity index is 2.83. The van der Waals surface area contributed by atoms with E-state index in [0.29, 0.717) is 12.4 Å². The van der Waals surface area contributed by atoms with Crippen LogP contribution in [0, 0.1) is 10.1 Å². The van der Waals surface area contributed by atoms with Gasteiger partial charge in [0.25, 0.3) is 0 Å². The zero-order valence-electron chi connectivity index (χ0n) is 11.2. The molecule has 0 bridgehead atoms. The van der Waals surface area contributed by atoms with Gasteiger partial charge in [0, 0.05) is 27.2 Å². The van der Waals surface area contributed by atoms with Crippen molar-refractivity contribution >= 4 is 17.3 Å². The summed E-state index contributed by atoms with van der Waals surface area (Å²) < 4.78 is 0. The van der Waals surface area contributed by atoms with E-state index in [1.165, 1.54) is 6.33 Å². The van der Waals surface area contributed by atoms with Gasteiger partial charge in [0.2, 0.25) is 11.6 Å². The number of hydrogen-bond donors (Lipinski definition) is 2. The summed E-state index contributed by atoms with van der Waals surface area (Å²) in [7, 11) is 3.34. The van der Waals surface area contributed by atoms with Crippen LogP contribution in [-0.2, 0) is 0 Å². The summed E-state index contributed by atoms with van der Waals surface area (Å²) in [6, 6.07) is 0. The second-order valence-electron chi connectivity index (χ2n) is 4.11. The third-order valence-corrected chi connectivity index (χ3v) is 2.74. The number of hydrogen-bond acceptors (Lipinski definition) is 7. The summed E-state index contributed by atoms with van der Waals surface area (Å²) in [4.78, 5) is 20.2. The van der Waals surface area contributed by atoms with E-state index in [0.717, 1.165) is 19.3 Å². The first-order chi connectivity index (χ1) is 9.11. The van der Waals surface area contributed by atoms with Gasteiger partial charge >= 0.3 is 5.69 Å². The van der Waals surface area contributed by atoms with Crippen LogP contribution in [0.1, 0.15) is 19.3 Å². The molecule has 1 aromatic rings. The molecule has 1 heterocycles. The van der Waals surface area contributed by atoms with Crippen LogP contribution in [0.4, 0.5) is 17.3 Å². The van der Waals surface area contributed by atoms with Crippen molar-refractivity contribution in [2.24, 2.45) is 0 Å². The van der Waals surface area contributed by atoms with Crippen LogP contribution in [0.2, 0.25) is 0 Å². The highest BCUT2D eigenvalue weighted by Gasteiger charge is 2.24. The topological polar surface area (TPSA) is 104 Å². The first-order valence-corrected chi connectivity index (χ1v) is 6.11. The van der Waals surface area contributed by atoms with Crippen LogP contribution < -0.4 is 10.2 Å². The highest BCUT2D eigenvalue weighted by Crippen LogP contribution is 2.30. The SMILES string of the molecule is CNc1ncnc(N(C)CCCCCO)c1[N+](=O)[O-]. The monoisotopic (exact) mass is 269 g/mol. The molecule has 1 rings (SSSR count). The van der Waals surface area contributed by atoms with Gasteiger partial charge in [-0.15, -0.1) is 0 Å². The highest BCUT2D eigenvalue weighted by atomic mass is 16.6. The quantitative estimate of drug-likeness (QED) is 0.412. The minimum Gasteiger partial charge on any atom is -0.396 e. The van der Waals surface area contributed by atoms with Gasteiger partial charge in [-0.2, -0.15) is 0 Å². The van der Waals surface area contributed by atoms with E-state index in [2.05, 4.69) is 15.3 Å². The number of nitro groups is 1. The normalized spacial score (nSPS) is 10.3. The number of aliphatic hydroxyl groups is 1. The average Bonchev–Trinajstić information content (AvgIpc) is 2.42. The van der Waals surface area contributed by atoms with Crippen molar-refractivity contribution in [1.29, 1.82) is 0 Å². The van der Waals surface area contributed by atoms with Crippen molar-refractivity contribution in [3.05, 3.63) is 16.4 Å². The third kappa shape index (κ3) is 4.02. The van der Waals surface area contributed by atoms with Gasteiger partial charge in [-0.3, -0.25) is 10.1 Å². The molecule has 8 heteroatoms. The van der Waals surface area contributed by atoms with Crippen LogP contribution in [0.15, 0.2) is 6.33 Å². The molecule has 0 amide bonds. The average molecular weight is 269 g/mol. The van der Waals surface area contributed by atoms with Crippen molar-refractivity contribution in [3.63, 3.8) is 0 Å². The lowest BCUT2D eigenvalue weighted by molar-refractivity contribution is -0.383. The second kappa shape index (κ2) is 7.47. The Hall–Kier alpha value is -1.96. The Morgan fingerprint density at radius 3 is 2.74 bits per heavy atom. The van der Waals surface area contributed by atoms with Gasteiger partial charge in [-0.1, -0.05) is 0 Å². The molecule has 0 aliphatic heterocycles. The van der Waals surface area contributed by atoms with Gasteiger partial charge in [-0.25, -0.2) is 9.97 Å². The van der Waals surface area contributed by atoms with Gasteiger partial charge < -0.3 is 15.3 Å². The third-order valence-electron chi connectivity index (χ3n) is 2.74. The molecule has 0 fully saturated rings. The zero-order valence-corrected chi connectivity index (χ0v) is 11.2. The molecule has 0 aliphatic carbocycles. The smallest absolute Gasteiger partial charge is 0.353 e. The molecule has 8 nitrogen and oxygen atoms in total. The zero-order chi connectivity index (χ0) is 14.3. The number of nitrogens with zero attached hydrogens (tertiary/aromatic N) is 4. The molecular weight excluding hydrogens is 250 g/mol. The Kier molecular flexibility index (Phi) is 5.94. The first-order valence-electron chi connectivity index (χ1n) is 6.11. The fourth-order valence-corrected chi connectivity index (χ4v) is 1.74. The Morgan fingerprint density at radius 1 is 1.42 bits per heavy atom. The molecule has 0 saturated carbocycles. The lowest BCUT2D eigenvalue weighted by atomic mass is 10.2. The number of anilines is 2. The van der Waals surface area contributed by atoms with Gasteiger partial charge in [0.1, 0.15) is 6.33 Å². The minimum absolute atomic E-state index is 0.116. The van der Waals surface area contributed by atoms with E-state index in [4.69, 9.17) is 5.11 Å². The maximum absolute atomic E-state index is 11.1. The second-order valence-corrected chi connectivity index (χ2v) is 4.11. The summed E-state index contributed by atoms with van der Waals surface area (Å²) in [5.41, 5.74) is -0.116. The van der Waals surface area contributed by atoms with Crippen molar-refractivity contribution < 1.29 is 10.0 Å². The Bertz CT molecular complexity index is 427. The van der Waals surface area contributed by atoms with Crippen LogP contribution in [0.5, 0.6) is 0 Å². The van der Waals surface area contributed by atoms with E-state index in [1.807, 2.05) is 0 Å². The molecule has 0 aromatic carbocycles. The number of unbranched alkanes of at least 4 members (excludes halogenated alkanes) is 2. The Morgan fingerprint density at radius 2 is 2.16 bits per heavy atom. The Labute approximate surface area is 111 Å². The summed E-state index contributed by atoms with van der Waals surface area (Å²) >= 11 is 0. The van der Waals surface area contributed by atoms with Crippen molar-refractivity contribution in [2.45, 2.75) is 19.3 Å². The molecular formula is C11H19N5O3. The molecule has 0 unspecified atom stereocenters. The standard InChI is InChI=1S/C11H19N5O3/c1-12-10-9(16(18)19)11(14-8-13-10)15(2)6-4-3-5-7-17/h8,17H,3-7H2,1-2H3,(H,12,13,14). The van der Waals surface area contributed by atoms with Crippen molar-refractivity contribution in [3.8, 4) is 0 Å². The number of aliphatic hydroxyl groups excluding tert-OH is 1. The van der Waals surface area contributed by atoms with Crippen molar-refractivity contribution in [1.82, 2.24) is 9.97 Å². The van der Waals surface area contributed by atoms with E-state index < -0.39 is 4.92 Å². The van der Waals surface area contributed by atoms with E-state index in [-0.39, 0.29) is 18.1 Å². The van der Waals surface area contributed by atoms with Gasteiger partial charge in [0.15, 0.2) is 0 Å². The maximum atomic E-state index is 11.1. The summed E-state index contributed by atoms with van der Waals surface area (Å²) in [5.74, 6) is 0.505. The predicted molar refractivity (Wildman–Crippen MR) is 72.4 cm³/mol. The van der Waals surface area contributed by atoms with Gasteiger partial charge in [0.05, 0.1) is 4.92 Å². The summed E-state index contributed by atoms with van der Waals surface area (Å²) in [6.45, 7) is 0.808. The molecule has 19 heavy (non-hydrogen) atoms. The van der Waals surface area contributed by atoms with E-state index in [1.54, 1.807) is 19.0 Å². The van der Waals surface area contributed by atoms with E-state index >= 15 is 0 Å². The summed E-state index contributed by atoms with van der Waals surface area (Å²) in [5, 5.41) is 22.5. The van der Waals surface area contributed by atoms with Gasteiger partial charge in [-0.05, 0) is 19.3 Å². The number of aromatic nitrogens is 2. The fourth-order valence-electron chi connectivity index (χ4n) is 1.74. The van der Waals surface area contributed by atoms with Crippen LogP contribution >= 0.6 is 0 Å². The fraction of sp³-hybridized carbons (Fsp3) is 0.636. The van der Waals surface area contributed by atoms with E-state index in [9.17, 15) is 10.1 Å². The molecule has 0 atom stereocenters. The number of rotatable bonds is 8. The maximum Gasteiger partial charge on any atom is 0.353 e. The first kappa shape index (κ1) is 15.1. The molecule has 0 saturated heterocycles. The molecule has 2 N–H and O–H groups in total. The molecule has 0 aliphatic rings. The van der Waals surface area contributed by atoms with Crippen molar-refractivity contribution in [2.75, 3.05) is 37.5 Å². The lowest BCUT2D eigenvalue weighted by Crippen LogP contribution is -2.21. The largest absolute Gasteiger partial charge is 0.396 e. The molecule has 0 spiro atoms. The molecule has 106 valence electrons. The lowest BCUT2D eigenvalue weighted by Gasteiger charge is -2.18. The minimum atomic E-state index is -0.481. The molecule has 0 radical (unpaired) electrons. The van der Waals surface area contributed by atoms with Crippen LogP contribution in [0.25, 0.3) is 0 Å². The van der Waals surface area contributed by atoms with Crippen LogP contribution in [0.3, 0.4) is 0 Å². The highest BCUT2D eigenvalue weighted by molar-refractivity contribution is 5.69. The van der Waals surface area contributed by atoms with Crippen LogP contribution in [-0.4, -0.2) is 47.2 Å². The molecule has 1 aromatic heterocycles. The summed E-state index contributed by atoms with van der Waals surface area (Å²) in [6.07, 6.45) is 3.76.